The van der Waals surface area contributed by atoms with Gasteiger partial charge in [-0.3, -0.25) is 0 Å². The molecule has 4 nitrogen and oxygen atoms in total. The highest BCUT2D eigenvalue weighted by atomic mass is 32.1. The molecule has 5 heteroatoms. The Hall–Kier alpha value is -0.840. The highest BCUT2D eigenvalue weighted by molar-refractivity contribution is 7.80. The van der Waals surface area contributed by atoms with E-state index in [2.05, 4.69) is 5.32 Å². The van der Waals surface area contributed by atoms with E-state index in [0.717, 1.165) is 19.4 Å². The molecule has 0 radical (unpaired) electrons. The first kappa shape index (κ1) is 11.2. The Morgan fingerprint density at radius 1 is 1.64 bits per heavy atom. The van der Waals surface area contributed by atoms with E-state index >= 15 is 0 Å². The zero-order valence-corrected chi connectivity index (χ0v) is 9.43. The van der Waals surface area contributed by atoms with Crippen LogP contribution < -0.4 is 11.1 Å². The van der Waals surface area contributed by atoms with Crippen LogP contribution in [0.3, 0.4) is 0 Å². The van der Waals surface area contributed by atoms with E-state index < -0.39 is 0 Å². The Labute approximate surface area is 89.8 Å². The van der Waals surface area contributed by atoms with Crippen molar-refractivity contribution in [3.05, 3.63) is 0 Å². The van der Waals surface area contributed by atoms with Crippen molar-refractivity contribution in [2.75, 3.05) is 6.54 Å². The molecule has 1 aliphatic rings. The minimum absolute atomic E-state index is 0.0521. The van der Waals surface area contributed by atoms with E-state index in [9.17, 15) is 4.79 Å². The van der Waals surface area contributed by atoms with E-state index in [-0.39, 0.29) is 18.1 Å². The quantitative estimate of drug-likeness (QED) is 0.672. The summed E-state index contributed by atoms with van der Waals surface area (Å²) in [5.74, 6) is 0. The molecule has 0 saturated carbocycles. The number of nitrogens with zero attached hydrogens (tertiary/aromatic N) is 1. The van der Waals surface area contributed by atoms with E-state index in [4.69, 9.17) is 18.0 Å². The van der Waals surface area contributed by atoms with Gasteiger partial charge in [-0.15, -0.1) is 0 Å². The standard InChI is InChI=1S/C9H17N3OS/c1-6(2)11-9(13)12-5-3-4-7(12)8(10)14/h6-7H,3-5H2,1-2H3,(H2,10,14)(H,11,13). The largest absolute Gasteiger partial charge is 0.392 e. The van der Waals surface area contributed by atoms with Gasteiger partial charge < -0.3 is 16.0 Å². The maximum absolute atomic E-state index is 11.7. The van der Waals surface area contributed by atoms with Crippen LogP contribution in [0.1, 0.15) is 26.7 Å². The molecule has 1 heterocycles. The molecule has 80 valence electrons. The minimum atomic E-state index is -0.0599. The van der Waals surface area contributed by atoms with Crippen LogP contribution >= 0.6 is 12.2 Å². The number of amides is 2. The summed E-state index contributed by atoms with van der Waals surface area (Å²) >= 11 is 4.92. The van der Waals surface area contributed by atoms with Gasteiger partial charge in [0.1, 0.15) is 0 Å². The predicted molar refractivity (Wildman–Crippen MR) is 60.2 cm³/mol. The van der Waals surface area contributed by atoms with Crippen molar-refractivity contribution in [1.82, 2.24) is 10.2 Å². The molecule has 1 rings (SSSR count). The van der Waals surface area contributed by atoms with Crippen molar-refractivity contribution in [1.29, 1.82) is 0 Å². The molecule has 0 aromatic heterocycles. The van der Waals surface area contributed by atoms with Crippen LogP contribution in [-0.4, -0.2) is 34.5 Å². The van der Waals surface area contributed by atoms with Gasteiger partial charge in [-0.25, -0.2) is 4.79 Å². The van der Waals surface area contributed by atoms with E-state index in [1.165, 1.54) is 0 Å². The fourth-order valence-electron chi connectivity index (χ4n) is 1.64. The lowest BCUT2D eigenvalue weighted by atomic mass is 10.2. The van der Waals surface area contributed by atoms with Gasteiger partial charge in [0, 0.05) is 12.6 Å². The molecule has 0 aromatic rings. The van der Waals surface area contributed by atoms with Crippen molar-refractivity contribution >= 4 is 23.2 Å². The summed E-state index contributed by atoms with van der Waals surface area (Å²) in [6.07, 6.45) is 1.87. The molecule has 14 heavy (non-hydrogen) atoms. The smallest absolute Gasteiger partial charge is 0.318 e. The topological polar surface area (TPSA) is 58.4 Å². The molecule has 3 N–H and O–H groups in total. The number of likely N-dealkylation sites (tertiary alicyclic amines) is 1. The van der Waals surface area contributed by atoms with Gasteiger partial charge in [0.2, 0.25) is 0 Å². The lowest BCUT2D eigenvalue weighted by molar-refractivity contribution is 0.200. The number of rotatable bonds is 2. The second-order valence-electron chi connectivity index (χ2n) is 3.86. The average Bonchev–Trinajstić information content (AvgIpc) is 2.49. The molecule has 1 atom stereocenters. The number of urea groups is 1. The maximum Gasteiger partial charge on any atom is 0.318 e. The molecule has 0 bridgehead atoms. The van der Waals surface area contributed by atoms with Gasteiger partial charge in [0.05, 0.1) is 11.0 Å². The Balaban J connectivity index is 2.58. The second kappa shape index (κ2) is 4.59. The third-order valence-corrected chi connectivity index (χ3v) is 2.53. The molecule has 1 fully saturated rings. The van der Waals surface area contributed by atoms with E-state index in [1.807, 2.05) is 13.8 Å². The molecular weight excluding hydrogens is 198 g/mol. The van der Waals surface area contributed by atoms with E-state index in [1.54, 1.807) is 4.90 Å². The molecule has 1 unspecified atom stereocenters. The van der Waals surface area contributed by atoms with Gasteiger partial charge in [-0.05, 0) is 26.7 Å². The number of nitrogens with one attached hydrogen (secondary N) is 1. The second-order valence-corrected chi connectivity index (χ2v) is 4.33. The van der Waals surface area contributed by atoms with Crippen molar-refractivity contribution in [3.63, 3.8) is 0 Å². The minimum Gasteiger partial charge on any atom is -0.392 e. The van der Waals surface area contributed by atoms with Crippen LogP contribution in [0.5, 0.6) is 0 Å². The van der Waals surface area contributed by atoms with E-state index in [0.29, 0.717) is 4.99 Å². The predicted octanol–water partition coefficient (Wildman–Crippen LogP) is 0.855. The molecule has 0 aliphatic carbocycles. The first-order valence-electron chi connectivity index (χ1n) is 4.89. The molecule has 1 aliphatic heterocycles. The van der Waals surface area contributed by atoms with Crippen molar-refractivity contribution in [3.8, 4) is 0 Å². The van der Waals surface area contributed by atoms with Crippen LogP contribution in [-0.2, 0) is 0 Å². The molecule has 2 amide bonds. The SMILES string of the molecule is CC(C)NC(=O)N1CCCC1C(N)=S. The Bertz CT molecular complexity index is 242. The van der Waals surface area contributed by atoms with Crippen LogP contribution in [0.2, 0.25) is 0 Å². The first-order chi connectivity index (χ1) is 6.52. The molecule has 1 saturated heterocycles. The van der Waals surface area contributed by atoms with Crippen LogP contribution in [0.4, 0.5) is 4.79 Å². The normalized spacial score (nSPS) is 21.4. The summed E-state index contributed by atoms with van der Waals surface area (Å²) in [6, 6.07) is 0.0362. The lowest BCUT2D eigenvalue weighted by Gasteiger charge is -2.25. The maximum atomic E-state index is 11.7. The highest BCUT2D eigenvalue weighted by Crippen LogP contribution is 2.17. The van der Waals surface area contributed by atoms with Crippen molar-refractivity contribution < 1.29 is 4.79 Å². The zero-order valence-electron chi connectivity index (χ0n) is 8.62. The van der Waals surface area contributed by atoms with Crippen LogP contribution in [0.25, 0.3) is 0 Å². The van der Waals surface area contributed by atoms with Gasteiger partial charge >= 0.3 is 6.03 Å². The van der Waals surface area contributed by atoms with Gasteiger partial charge in [-0.1, -0.05) is 12.2 Å². The summed E-state index contributed by atoms with van der Waals surface area (Å²) in [4.78, 5) is 13.8. The number of thiocarbonyl (C=S) groups is 1. The number of carbonyl (C=O) groups excluding carboxylic acids is 1. The summed E-state index contributed by atoms with van der Waals surface area (Å²) in [6.45, 7) is 4.62. The fourth-order valence-corrected chi connectivity index (χ4v) is 1.88. The fraction of sp³-hybridized carbons (Fsp3) is 0.778. The number of hydrogen-bond acceptors (Lipinski definition) is 2. The molecular formula is C9H17N3OS. The zero-order chi connectivity index (χ0) is 10.7. The van der Waals surface area contributed by atoms with Crippen LogP contribution in [0.15, 0.2) is 0 Å². The van der Waals surface area contributed by atoms with Crippen molar-refractivity contribution in [2.45, 2.75) is 38.8 Å². The summed E-state index contributed by atoms with van der Waals surface area (Å²) in [5.41, 5.74) is 5.57. The Morgan fingerprint density at radius 2 is 2.29 bits per heavy atom. The van der Waals surface area contributed by atoms with Crippen molar-refractivity contribution in [2.24, 2.45) is 5.73 Å². The first-order valence-corrected chi connectivity index (χ1v) is 5.29. The van der Waals surface area contributed by atoms with Gasteiger partial charge in [-0.2, -0.15) is 0 Å². The highest BCUT2D eigenvalue weighted by Gasteiger charge is 2.30. The van der Waals surface area contributed by atoms with Gasteiger partial charge in [0.15, 0.2) is 0 Å². The Morgan fingerprint density at radius 3 is 2.79 bits per heavy atom. The summed E-state index contributed by atoms with van der Waals surface area (Å²) in [7, 11) is 0. The molecule has 0 aromatic carbocycles. The third kappa shape index (κ3) is 2.57. The number of hydrogen-bond donors (Lipinski definition) is 2. The monoisotopic (exact) mass is 215 g/mol. The lowest BCUT2D eigenvalue weighted by Crippen LogP contribution is -2.49. The van der Waals surface area contributed by atoms with Crippen LogP contribution in [0, 0.1) is 0 Å². The van der Waals surface area contributed by atoms with Gasteiger partial charge in [0.25, 0.3) is 0 Å². The number of nitrogens with two attached hydrogens (primary N) is 1. The molecule has 0 spiro atoms. The summed E-state index contributed by atoms with van der Waals surface area (Å²) in [5, 5.41) is 2.84. The number of carbonyl (C=O) groups is 1. The summed E-state index contributed by atoms with van der Waals surface area (Å²) < 4.78 is 0. The Kier molecular flexibility index (Phi) is 3.69. The average molecular weight is 215 g/mol. The third-order valence-electron chi connectivity index (χ3n) is 2.25.